The molecular formula is C16H25N3O. The predicted octanol–water partition coefficient (Wildman–Crippen LogP) is 2.47. The summed E-state index contributed by atoms with van der Waals surface area (Å²) in [6, 6.07) is 6.80. The van der Waals surface area contributed by atoms with Crippen LogP contribution in [0.3, 0.4) is 0 Å². The number of nitrogens with zero attached hydrogens (tertiary/aromatic N) is 1. The molecule has 1 aliphatic rings. The molecule has 1 fully saturated rings. The van der Waals surface area contributed by atoms with Crippen LogP contribution in [0.5, 0.6) is 5.75 Å². The normalized spacial score (nSPS) is 21.5. The summed E-state index contributed by atoms with van der Waals surface area (Å²) in [5.74, 6) is 2.56. The first-order chi connectivity index (χ1) is 9.63. The molecule has 4 nitrogen and oxygen atoms in total. The second kappa shape index (κ2) is 6.64. The smallest absolute Gasteiger partial charge is 0.191 e. The van der Waals surface area contributed by atoms with Crippen LogP contribution < -0.4 is 15.4 Å². The van der Waals surface area contributed by atoms with E-state index in [1.165, 1.54) is 12.0 Å². The van der Waals surface area contributed by atoms with E-state index in [4.69, 9.17) is 4.74 Å². The Labute approximate surface area is 121 Å². The molecule has 4 heteroatoms. The molecule has 2 rings (SSSR count). The minimum Gasteiger partial charge on any atom is -0.496 e. The van der Waals surface area contributed by atoms with Crippen molar-refractivity contribution in [2.75, 3.05) is 13.7 Å². The lowest BCUT2D eigenvalue weighted by Gasteiger charge is -2.12. The van der Waals surface area contributed by atoms with Crippen molar-refractivity contribution in [2.45, 2.75) is 39.8 Å². The zero-order valence-electron chi connectivity index (χ0n) is 12.9. The number of nitrogens with one attached hydrogen (secondary N) is 2. The Morgan fingerprint density at radius 2 is 2.20 bits per heavy atom. The summed E-state index contributed by atoms with van der Waals surface area (Å²) in [6.45, 7) is 7.90. The van der Waals surface area contributed by atoms with Crippen LogP contribution in [0, 0.1) is 12.8 Å². The van der Waals surface area contributed by atoms with E-state index in [1.54, 1.807) is 7.11 Å². The van der Waals surface area contributed by atoms with E-state index >= 15 is 0 Å². The van der Waals surface area contributed by atoms with Gasteiger partial charge in [0.1, 0.15) is 5.75 Å². The third-order valence-electron chi connectivity index (χ3n) is 3.63. The molecule has 20 heavy (non-hydrogen) atoms. The molecule has 0 bridgehead atoms. The van der Waals surface area contributed by atoms with E-state index in [-0.39, 0.29) is 0 Å². The minimum atomic E-state index is 0.577. The fourth-order valence-corrected chi connectivity index (χ4v) is 2.17. The molecule has 0 spiro atoms. The first kappa shape index (κ1) is 14.7. The fourth-order valence-electron chi connectivity index (χ4n) is 2.17. The molecule has 2 atom stereocenters. The first-order valence-corrected chi connectivity index (χ1v) is 7.32. The van der Waals surface area contributed by atoms with E-state index in [0.717, 1.165) is 29.7 Å². The predicted molar refractivity (Wildman–Crippen MR) is 83.3 cm³/mol. The molecule has 110 valence electrons. The summed E-state index contributed by atoms with van der Waals surface area (Å²) in [5.41, 5.74) is 2.31. The standard InChI is InChI=1S/C16H25N3O/c1-5-17-16(19-14-9-12(14)3)18-10-13-7-6-11(2)8-15(13)20-4/h6-8,12,14H,5,9-10H2,1-4H3,(H2,17,18,19). The molecule has 0 heterocycles. The van der Waals surface area contributed by atoms with Crippen molar-refractivity contribution < 1.29 is 4.74 Å². The molecule has 0 radical (unpaired) electrons. The van der Waals surface area contributed by atoms with E-state index in [0.29, 0.717) is 12.6 Å². The Bertz CT molecular complexity index is 485. The maximum Gasteiger partial charge on any atom is 0.191 e. The van der Waals surface area contributed by atoms with Crippen molar-refractivity contribution in [3.8, 4) is 5.75 Å². The van der Waals surface area contributed by atoms with Crippen molar-refractivity contribution in [2.24, 2.45) is 10.9 Å². The van der Waals surface area contributed by atoms with Crippen LogP contribution in [0.1, 0.15) is 31.4 Å². The number of benzene rings is 1. The van der Waals surface area contributed by atoms with Crippen LogP contribution in [0.4, 0.5) is 0 Å². The summed E-state index contributed by atoms with van der Waals surface area (Å²) < 4.78 is 5.42. The zero-order valence-corrected chi connectivity index (χ0v) is 12.9. The molecule has 2 unspecified atom stereocenters. The number of ether oxygens (including phenoxy) is 1. The SMILES string of the molecule is CCNC(=NCc1ccc(C)cc1OC)NC1CC1C. The number of aliphatic imine (C=N–C) groups is 1. The van der Waals surface area contributed by atoms with E-state index < -0.39 is 0 Å². The van der Waals surface area contributed by atoms with E-state index in [9.17, 15) is 0 Å². The van der Waals surface area contributed by atoms with Gasteiger partial charge in [-0.2, -0.15) is 0 Å². The van der Waals surface area contributed by atoms with Crippen LogP contribution in [0.15, 0.2) is 23.2 Å². The second-order valence-corrected chi connectivity index (χ2v) is 5.47. The Morgan fingerprint density at radius 3 is 2.80 bits per heavy atom. The number of guanidine groups is 1. The van der Waals surface area contributed by atoms with Crippen LogP contribution in [0.2, 0.25) is 0 Å². The van der Waals surface area contributed by atoms with Crippen molar-refractivity contribution in [1.82, 2.24) is 10.6 Å². The molecule has 1 aliphatic carbocycles. The molecule has 0 aliphatic heterocycles. The number of aryl methyl sites for hydroxylation is 1. The largest absolute Gasteiger partial charge is 0.496 e. The number of rotatable bonds is 5. The number of methoxy groups -OCH3 is 1. The van der Waals surface area contributed by atoms with Crippen molar-refractivity contribution in [3.63, 3.8) is 0 Å². The minimum absolute atomic E-state index is 0.577. The molecule has 1 aromatic carbocycles. The average molecular weight is 275 g/mol. The van der Waals surface area contributed by atoms with Gasteiger partial charge in [0.05, 0.1) is 13.7 Å². The van der Waals surface area contributed by atoms with Gasteiger partial charge in [-0.3, -0.25) is 0 Å². The van der Waals surface area contributed by atoms with Crippen molar-refractivity contribution >= 4 is 5.96 Å². The molecule has 0 amide bonds. The first-order valence-electron chi connectivity index (χ1n) is 7.32. The topological polar surface area (TPSA) is 45.7 Å². The van der Waals surface area contributed by atoms with E-state index in [2.05, 4.69) is 48.5 Å². The molecule has 0 saturated heterocycles. The van der Waals surface area contributed by atoms with Crippen molar-refractivity contribution in [3.05, 3.63) is 29.3 Å². The Hall–Kier alpha value is -1.71. The van der Waals surface area contributed by atoms with Gasteiger partial charge in [0.2, 0.25) is 0 Å². The van der Waals surface area contributed by atoms with Gasteiger partial charge in [-0.15, -0.1) is 0 Å². The van der Waals surface area contributed by atoms with E-state index in [1.807, 2.05) is 6.07 Å². The Kier molecular flexibility index (Phi) is 4.88. The zero-order chi connectivity index (χ0) is 14.5. The quantitative estimate of drug-likeness (QED) is 0.641. The van der Waals surface area contributed by atoms with Crippen LogP contribution in [-0.2, 0) is 6.54 Å². The van der Waals surface area contributed by atoms with Crippen LogP contribution in [0.25, 0.3) is 0 Å². The highest BCUT2D eigenvalue weighted by atomic mass is 16.5. The number of hydrogen-bond acceptors (Lipinski definition) is 2. The lowest BCUT2D eigenvalue weighted by atomic mass is 10.1. The lowest BCUT2D eigenvalue weighted by Crippen LogP contribution is -2.39. The highest BCUT2D eigenvalue weighted by molar-refractivity contribution is 5.80. The van der Waals surface area contributed by atoms with Gasteiger partial charge >= 0.3 is 0 Å². The third-order valence-corrected chi connectivity index (χ3v) is 3.63. The summed E-state index contributed by atoms with van der Waals surface area (Å²) in [5, 5.41) is 6.75. The Morgan fingerprint density at radius 1 is 1.45 bits per heavy atom. The van der Waals surface area contributed by atoms with Gasteiger partial charge < -0.3 is 15.4 Å². The van der Waals surface area contributed by atoms with Gasteiger partial charge in [0, 0.05) is 18.2 Å². The number of hydrogen-bond donors (Lipinski definition) is 2. The maximum absolute atomic E-state index is 5.42. The highest BCUT2D eigenvalue weighted by Crippen LogP contribution is 2.28. The second-order valence-electron chi connectivity index (χ2n) is 5.47. The van der Waals surface area contributed by atoms with Gasteiger partial charge in [0.15, 0.2) is 5.96 Å². The van der Waals surface area contributed by atoms with Gasteiger partial charge in [-0.1, -0.05) is 19.1 Å². The van der Waals surface area contributed by atoms with Gasteiger partial charge in [-0.05, 0) is 37.8 Å². The van der Waals surface area contributed by atoms with Crippen LogP contribution in [-0.4, -0.2) is 25.7 Å². The molecule has 2 N–H and O–H groups in total. The Balaban J connectivity index is 2.04. The molecular weight excluding hydrogens is 250 g/mol. The summed E-state index contributed by atoms with van der Waals surface area (Å²) in [7, 11) is 1.71. The van der Waals surface area contributed by atoms with Crippen LogP contribution >= 0.6 is 0 Å². The molecule has 1 aromatic rings. The fraction of sp³-hybridized carbons (Fsp3) is 0.562. The third kappa shape index (κ3) is 3.89. The maximum atomic E-state index is 5.42. The highest BCUT2D eigenvalue weighted by Gasteiger charge is 2.33. The lowest BCUT2D eigenvalue weighted by molar-refractivity contribution is 0.409. The van der Waals surface area contributed by atoms with Crippen molar-refractivity contribution in [1.29, 1.82) is 0 Å². The monoisotopic (exact) mass is 275 g/mol. The van der Waals surface area contributed by atoms with Gasteiger partial charge in [0.25, 0.3) is 0 Å². The molecule has 1 saturated carbocycles. The average Bonchev–Trinajstić information content (AvgIpc) is 3.12. The van der Waals surface area contributed by atoms with Gasteiger partial charge in [-0.25, -0.2) is 4.99 Å². The molecule has 0 aromatic heterocycles. The summed E-state index contributed by atoms with van der Waals surface area (Å²) >= 11 is 0. The summed E-state index contributed by atoms with van der Waals surface area (Å²) in [6.07, 6.45) is 1.23. The summed E-state index contributed by atoms with van der Waals surface area (Å²) in [4.78, 5) is 4.65.